The maximum atomic E-state index is 12.7. The number of ether oxygens (including phenoxy) is 1. The molecule has 2 aromatic rings. The van der Waals surface area contributed by atoms with Gasteiger partial charge in [-0.3, -0.25) is 9.59 Å². The highest BCUT2D eigenvalue weighted by Gasteiger charge is 2.36. The monoisotopic (exact) mass is 380 g/mol. The molecule has 0 bridgehead atoms. The molecule has 0 saturated carbocycles. The lowest BCUT2D eigenvalue weighted by atomic mass is 9.84. The van der Waals surface area contributed by atoms with Crippen molar-refractivity contribution in [1.82, 2.24) is 5.32 Å². The second kappa shape index (κ2) is 8.05. The SMILES string of the molecule is COc1ccccc1N1CC(C(=O)NCC(C)(C)c2cccc(C)c2)CC1=O. The first-order valence-corrected chi connectivity index (χ1v) is 9.60. The number of hydrogen-bond donors (Lipinski definition) is 1. The van der Waals surface area contributed by atoms with Crippen LogP contribution < -0.4 is 15.0 Å². The molecule has 0 aromatic heterocycles. The number of methoxy groups -OCH3 is 1. The molecule has 1 heterocycles. The quantitative estimate of drug-likeness (QED) is 0.835. The van der Waals surface area contributed by atoms with Crippen molar-refractivity contribution in [3.63, 3.8) is 0 Å². The standard InChI is InChI=1S/C23H28N2O3/c1-16-8-7-9-18(12-16)23(2,3)15-24-22(27)17-13-21(26)25(14-17)19-10-5-6-11-20(19)28-4/h5-12,17H,13-15H2,1-4H3,(H,24,27). The van der Waals surface area contributed by atoms with Gasteiger partial charge in [0.15, 0.2) is 0 Å². The van der Waals surface area contributed by atoms with Crippen molar-refractivity contribution in [2.45, 2.75) is 32.6 Å². The van der Waals surface area contributed by atoms with E-state index in [1.165, 1.54) is 11.1 Å². The Balaban J connectivity index is 1.65. The fraction of sp³-hybridized carbons (Fsp3) is 0.391. The van der Waals surface area contributed by atoms with E-state index < -0.39 is 0 Å². The Morgan fingerprint density at radius 1 is 1.21 bits per heavy atom. The Morgan fingerprint density at radius 2 is 1.96 bits per heavy atom. The summed E-state index contributed by atoms with van der Waals surface area (Å²) < 4.78 is 5.36. The number of nitrogens with zero attached hydrogens (tertiary/aromatic N) is 1. The van der Waals surface area contributed by atoms with Crippen molar-refractivity contribution < 1.29 is 14.3 Å². The predicted octanol–water partition coefficient (Wildman–Crippen LogP) is 3.45. The Kier molecular flexibility index (Phi) is 5.73. The van der Waals surface area contributed by atoms with Gasteiger partial charge in [-0.15, -0.1) is 0 Å². The first kappa shape index (κ1) is 19.9. The van der Waals surface area contributed by atoms with Crippen LogP contribution in [0.25, 0.3) is 0 Å². The van der Waals surface area contributed by atoms with Gasteiger partial charge in [0.05, 0.1) is 18.7 Å². The van der Waals surface area contributed by atoms with Gasteiger partial charge < -0.3 is 15.0 Å². The molecule has 3 rings (SSSR count). The van der Waals surface area contributed by atoms with Gasteiger partial charge in [0, 0.05) is 24.9 Å². The number of amides is 2. The van der Waals surface area contributed by atoms with Gasteiger partial charge in [-0.05, 0) is 24.6 Å². The number of rotatable bonds is 6. The molecular weight excluding hydrogens is 352 g/mol. The number of carbonyl (C=O) groups excluding carboxylic acids is 2. The highest BCUT2D eigenvalue weighted by Crippen LogP contribution is 2.33. The van der Waals surface area contributed by atoms with Crippen molar-refractivity contribution >= 4 is 17.5 Å². The van der Waals surface area contributed by atoms with E-state index in [4.69, 9.17) is 4.74 Å². The van der Waals surface area contributed by atoms with E-state index in [1.54, 1.807) is 12.0 Å². The van der Waals surface area contributed by atoms with Crippen LogP contribution in [0.4, 0.5) is 5.69 Å². The van der Waals surface area contributed by atoms with Gasteiger partial charge in [0.2, 0.25) is 11.8 Å². The number of benzene rings is 2. The zero-order valence-corrected chi connectivity index (χ0v) is 17.0. The summed E-state index contributed by atoms with van der Waals surface area (Å²) in [6.07, 6.45) is 0.217. The normalized spacial score (nSPS) is 16.9. The van der Waals surface area contributed by atoms with Crippen LogP contribution in [-0.4, -0.2) is 32.0 Å². The third-order valence-electron chi connectivity index (χ3n) is 5.38. The Hall–Kier alpha value is -2.82. The summed E-state index contributed by atoms with van der Waals surface area (Å²) in [7, 11) is 1.58. The van der Waals surface area contributed by atoms with Gasteiger partial charge in [-0.2, -0.15) is 0 Å². The van der Waals surface area contributed by atoms with Crippen molar-refractivity contribution in [2.24, 2.45) is 5.92 Å². The fourth-order valence-electron chi connectivity index (χ4n) is 3.59. The van der Waals surface area contributed by atoms with Crippen LogP contribution in [0.1, 0.15) is 31.4 Å². The van der Waals surface area contributed by atoms with E-state index >= 15 is 0 Å². The highest BCUT2D eigenvalue weighted by atomic mass is 16.5. The molecule has 5 nitrogen and oxygen atoms in total. The van der Waals surface area contributed by atoms with Crippen molar-refractivity contribution in [3.8, 4) is 5.75 Å². The molecule has 28 heavy (non-hydrogen) atoms. The van der Waals surface area contributed by atoms with Crippen molar-refractivity contribution in [3.05, 3.63) is 59.7 Å². The van der Waals surface area contributed by atoms with Crippen LogP contribution in [0.3, 0.4) is 0 Å². The minimum absolute atomic E-state index is 0.0532. The fourth-order valence-corrected chi connectivity index (χ4v) is 3.59. The van der Waals surface area contributed by atoms with E-state index in [0.29, 0.717) is 24.5 Å². The molecule has 1 aliphatic rings. The van der Waals surface area contributed by atoms with Crippen LogP contribution in [0, 0.1) is 12.8 Å². The van der Waals surface area contributed by atoms with E-state index in [9.17, 15) is 9.59 Å². The average molecular weight is 380 g/mol. The number of para-hydroxylation sites is 2. The molecule has 1 saturated heterocycles. The molecule has 1 aliphatic heterocycles. The molecule has 2 amide bonds. The van der Waals surface area contributed by atoms with Crippen LogP contribution in [0.5, 0.6) is 5.75 Å². The molecule has 1 N–H and O–H groups in total. The summed E-state index contributed by atoms with van der Waals surface area (Å²) in [5, 5.41) is 3.05. The number of carbonyl (C=O) groups is 2. The van der Waals surface area contributed by atoms with Crippen LogP contribution in [0.2, 0.25) is 0 Å². The summed E-state index contributed by atoms with van der Waals surface area (Å²) in [6, 6.07) is 15.7. The van der Waals surface area contributed by atoms with Crippen LogP contribution in [-0.2, 0) is 15.0 Å². The topological polar surface area (TPSA) is 58.6 Å². The minimum atomic E-state index is -0.356. The number of nitrogens with one attached hydrogen (secondary N) is 1. The van der Waals surface area contributed by atoms with Crippen molar-refractivity contribution in [1.29, 1.82) is 0 Å². The molecule has 2 aromatic carbocycles. The lowest BCUT2D eigenvalue weighted by Crippen LogP contribution is -2.40. The number of hydrogen-bond acceptors (Lipinski definition) is 3. The first-order chi connectivity index (χ1) is 13.3. The molecule has 0 radical (unpaired) electrons. The van der Waals surface area contributed by atoms with Gasteiger partial charge in [-0.1, -0.05) is 55.8 Å². The molecular formula is C23H28N2O3. The smallest absolute Gasteiger partial charge is 0.227 e. The zero-order valence-electron chi connectivity index (χ0n) is 17.0. The maximum Gasteiger partial charge on any atom is 0.227 e. The summed E-state index contributed by atoms with van der Waals surface area (Å²) in [6.45, 7) is 7.19. The van der Waals surface area contributed by atoms with E-state index in [1.807, 2.05) is 30.3 Å². The van der Waals surface area contributed by atoms with Gasteiger partial charge in [0.1, 0.15) is 5.75 Å². The van der Waals surface area contributed by atoms with Gasteiger partial charge in [-0.25, -0.2) is 0 Å². The van der Waals surface area contributed by atoms with E-state index in [-0.39, 0.29) is 29.6 Å². The largest absolute Gasteiger partial charge is 0.495 e. The lowest BCUT2D eigenvalue weighted by molar-refractivity contribution is -0.126. The second-order valence-corrected chi connectivity index (χ2v) is 8.05. The van der Waals surface area contributed by atoms with Gasteiger partial charge in [0.25, 0.3) is 0 Å². The van der Waals surface area contributed by atoms with Crippen LogP contribution in [0.15, 0.2) is 48.5 Å². The second-order valence-electron chi connectivity index (χ2n) is 8.05. The summed E-state index contributed by atoms with van der Waals surface area (Å²) >= 11 is 0. The summed E-state index contributed by atoms with van der Waals surface area (Å²) in [5.74, 6) is 0.150. The molecule has 148 valence electrons. The summed E-state index contributed by atoms with van der Waals surface area (Å²) in [5.41, 5.74) is 2.91. The molecule has 0 spiro atoms. The van der Waals surface area contributed by atoms with E-state index in [0.717, 1.165) is 0 Å². The van der Waals surface area contributed by atoms with Crippen molar-refractivity contribution in [2.75, 3.05) is 25.1 Å². The summed E-state index contributed by atoms with van der Waals surface area (Å²) in [4.78, 5) is 26.9. The van der Waals surface area contributed by atoms with E-state index in [2.05, 4.69) is 44.3 Å². The molecule has 5 heteroatoms. The van der Waals surface area contributed by atoms with Gasteiger partial charge >= 0.3 is 0 Å². The first-order valence-electron chi connectivity index (χ1n) is 9.60. The number of aryl methyl sites for hydroxylation is 1. The third kappa shape index (κ3) is 4.19. The predicted molar refractivity (Wildman–Crippen MR) is 111 cm³/mol. The Bertz CT molecular complexity index is 876. The Labute approximate surface area is 166 Å². The lowest BCUT2D eigenvalue weighted by Gasteiger charge is -2.27. The third-order valence-corrected chi connectivity index (χ3v) is 5.38. The minimum Gasteiger partial charge on any atom is -0.495 e. The Morgan fingerprint density at radius 3 is 2.68 bits per heavy atom. The molecule has 0 aliphatic carbocycles. The molecule has 1 fully saturated rings. The zero-order chi connectivity index (χ0) is 20.3. The molecule has 1 atom stereocenters. The van der Waals surface area contributed by atoms with Crippen LogP contribution >= 0.6 is 0 Å². The number of anilines is 1. The maximum absolute atomic E-state index is 12.7. The average Bonchev–Trinajstić information content (AvgIpc) is 3.07. The molecule has 1 unspecified atom stereocenters. The highest BCUT2D eigenvalue weighted by molar-refractivity contribution is 6.01.